The van der Waals surface area contributed by atoms with Gasteiger partial charge in [0.2, 0.25) is 17.8 Å². The van der Waals surface area contributed by atoms with Crippen molar-refractivity contribution in [3.05, 3.63) is 193 Å². The van der Waals surface area contributed by atoms with Crippen LogP contribution in [0.5, 0.6) is 0 Å². The molecule has 5 aromatic heterocycles. The van der Waals surface area contributed by atoms with E-state index in [1.807, 2.05) is 49.1 Å². The predicted molar refractivity (Wildman–Crippen MR) is 249 cm³/mol. The first-order valence-electron chi connectivity index (χ1n) is 20.5. The van der Waals surface area contributed by atoms with Gasteiger partial charge >= 0.3 is 0 Å². The third-order valence-corrected chi connectivity index (χ3v) is 11.6. The van der Waals surface area contributed by atoms with Crippen LogP contribution in [0, 0.1) is 27.7 Å². The molecule has 0 atom stereocenters. The molecule has 8 nitrogen and oxygen atoms in total. The summed E-state index contributed by atoms with van der Waals surface area (Å²) in [5, 5.41) is 4.61. The molecule has 8 heteroatoms. The lowest BCUT2D eigenvalue weighted by atomic mass is 10.1. The van der Waals surface area contributed by atoms with E-state index in [4.69, 9.17) is 15.0 Å². The molecular weight excluding hydrogens is 749 g/mol. The Morgan fingerprint density at radius 1 is 0.344 bits per heavy atom. The van der Waals surface area contributed by atoms with E-state index in [9.17, 15) is 0 Å². The number of hydrogen-bond acceptors (Lipinski definition) is 6. The van der Waals surface area contributed by atoms with Crippen LogP contribution in [0.1, 0.15) is 22.3 Å². The van der Waals surface area contributed by atoms with Gasteiger partial charge in [-0.2, -0.15) is 15.0 Å². The first-order chi connectivity index (χ1) is 29.9. The van der Waals surface area contributed by atoms with Crippen LogP contribution in [-0.4, -0.2) is 34.1 Å². The zero-order valence-electron chi connectivity index (χ0n) is 34.2. The summed E-state index contributed by atoms with van der Waals surface area (Å²) in [5.74, 6) is 1.53. The molecule has 6 aromatic carbocycles. The van der Waals surface area contributed by atoms with Gasteiger partial charge in [0, 0.05) is 57.7 Å². The maximum Gasteiger partial charge on any atom is 0.241 e. The third-order valence-electron chi connectivity index (χ3n) is 11.6. The van der Waals surface area contributed by atoms with Gasteiger partial charge in [0.15, 0.2) is 0 Å². The van der Waals surface area contributed by atoms with Gasteiger partial charge in [0.1, 0.15) is 0 Å². The van der Waals surface area contributed by atoms with E-state index in [1.165, 1.54) is 22.3 Å². The molecule has 0 amide bonds. The fourth-order valence-electron chi connectivity index (χ4n) is 8.65. The molecule has 292 valence electrons. The van der Waals surface area contributed by atoms with Crippen molar-refractivity contribution in [2.75, 3.05) is 4.90 Å². The highest BCUT2D eigenvalue weighted by Gasteiger charge is 2.24. The van der Waals surface area contributed by atoms with Crippen molar-refractivity contribution in [1.29, 1.82) is 0 Å². The highest BCUT2D eigenvalue weighted by molar-refractivity contribution is 6.10. The van der Waals surface area contributed by atoms with Gasteiger partial charge in [-0.1, -0.05) is 70.8 Å². The SMILES string of the molecule is Cc1ccc2c(c1)c1cc(C)ccc1n2-c1nc(N(c2ccc(-c3ccncc3)cc2)c2ccc(-c3ccncc3)cc2)nc(-n2c3ccc(C)cc3c3cc(C)ccc32)n1. The number of fused-ring (bicyclic) bond motifs is 6. The Labute approximate surface area is 353 Å². The largest absolute Gasteiger partial charge is 0.279 e. The average Bonchev–Trinajstić information content (AvgIpc) is 3.78. The molecule has 0 N–H and O–H groups in total. The molecule has 0 radical (unpaired) electrons. The van der Waals surface area contributed by atoms with E-state index in [0.717, 1.165) is 77.2 Å². The minimum atomic E-state index is 0.483. The smallest absolute Gasteiger partial charge is 0.241 e. The predicted octanol–water partition coefficient (Wildman–Crippen LogP) is 12.9. The van der Waals surface area contributed by atoms with Crippen molar-refractivity contribution in [2.24, 2.45) is 0 Å². The number of aromatic nitrogens is 7. The monoisotopic (exact) mass is 788 g/mol. The summed E-state index contributed by atoms with van der Waals surface area (Å²) in [5.41, 5.74) is 15.0. The topological polar surface area (TPSA) is 77.5 Å². The van der Waals surface area contributed by atoms with E-state index in [0.29, 0.717) is 17.8 Å². The Morgan fingerprint density at radius 3 is 0.984 bits per heavy atom. The number of pyridine rings is 2. The number of hydrogen-bond donors (Lipinski definition) is 0. The van der Waals surface area contributed by atoms with Crippen LogP contribution in [0.15, 0.2) is 170 Å². The molecule has 0 fully saturated rings. The van der Waals surface area contributed by atoms with Crippen molar-refractivity contribution in [1.82, 2.24) is 34.1 Å². The first kappa shape index (κ1) is 36.1. The Balaban J connectivity index is 1.21. The molecule has 11 aromatic rings. The Kier molecular flexibility index (Phi) is 8.53. The maximum absolute atomic E-state index is 5.47. The van der Waals surface area contributed by atoms with Crippen LogP contribution < -0.4 is 4.90 Å². The van der Waals surface area contributed by atoms with Crippen LogP contribution in [0.25, 0.3) is 77.8 Å². The Morgan fingerprint density at radius 2 is 0.656 bits per heavy atom. The molecule has 0 aliphatic rings. The molecule has 0 aliphatic heterocycles. The summed E-state index contributed by atoms with van der Waals surface area (Å²) >= 11 is 0. The van der Waals surface area contributed by atoms with Gasteiger partial charge in [-0.15, -0.1) is 0 Å². The van der Waals surface area contributed by atoms with Crippen molar-refractivity contribution in [3.8, 4) is 34.2 Å². The highest BCUT2D eigenvalue weighted by Crippen LogP contribution is 2.39. The molecule has 0 aliphatic carbocycles. The standard InChI is InChI=1S/C53H40N8/c1-33-5-17-47-43(29-33)44-30-34(2)6-18-48(44)60(47)52-56-51(57-53(58-52)61-49-19-7-35(3)31-45(49)46-32-36(4)8-20-50(46)61)59(41-13-9-37(10-14-41)39-21-25-54-26-22-39)42-15-11-38(12-16-42)40-23-27-55-28-24-40/h5-32H,1-4H3. The van der Waals surface area contributed by atoms with E-state index >= 15 is 0 Å². The molecule has 61 heavy (non-hydrogen) atoms. The minimum Gasteiger partial charge on any atom is -0.279 e. The number of benzene rings is 6. The summed E-state index contributed by atoms with van der Waals surface area (Å²) in [7, 11) is 0. The quantitative estimate of drug-likeness (QED) is 0.160. The lowest BCUT2D eigenvalue weighted by Gasteiger charge is -2.25. The number of rotatable bonds is 7. The fraction of sp³-hybridized carbons (Fsp3) is 0.0755. The van der Waals surface area contributed by atoms with Crippen LogP contribution >= 0.6 is 0 Å². The zero-order chi connectivity index (χ0) is 41.2. The summed E-state index contributed by atoms with van der Waals surface area (Å²) in [6.45, 7) is 8.56. The van der Waals surface area contributed by atoms with Crippen molar-refractivity contribution < 1.29 is 0 Å². The summed E-state index contributed by atoms with van der Waals surface area (Å²) in [6.07, 6.45) is 7.29. The van der Waals surface area contributed by atoms with Gasteiger partial charge in [0.25, 0.3) is 0 Å². The molecular formula is C53H40N8. The minimum absolute atomic E-state index is 0.483. The van der Waals surface area contributed by atoms with E-state index in [-0.39, 0.29) is 0 Å². The fourth-order valence-corrected chi connectivity index (χ4v) is 8.65. The average molecular weight is 789 g/mol. The highest BCUT2D eigenvalue weighted by atomic mass is 15.4. The second-order valence-corrected chi connectivity index (χ2v) is 15.9. The van der Waals surface area contributed by atoms with Crippen LogP contribution in [0.4, 0.5) is 17.3 Å². The van der Waals surface area contributed by atoms with Gasteiger partial charge < -0.3 is 0 Å². The lowest BCUT2D eigenvalue weighted by Crippen LogP contribution is -2.18. The number of nitrogens with zero attached hydrogens (tertiary/aromatic N) is 8. The summed E-state index contributed by atoms with van der Waals surface area (Å²) < 4.78 is 4.38. The summed E-state index contributed by atoms with van der Waals surface area (Å²) in [6, 6.07) is 51.6. The maximum atomic E-state index is 5.47. The number of aryl methyl sites for hydroxylation is 4. The first-order valence-corrected chi connectivity index (χ1v) is 20.5. The molecule has 0 spiro atoms. The van der Waals surface area contributed by atoms with Crippen LogP contribution in [0.2, 0.25) is 0 Å². The second kappa shape index (κ2) is 14.4. The third kappa shape index (κ3) is 6.28. The van der Waals surface area contributed by atoms with Crippen molar-refractivity contribution in [2.45, 2.75) is 27.7 Å². The van der Waals surface area contributed by atoms with Gasteiger partial charge in [0.05, 0.1) is 22.1 Å². The van der Waals surface area contributed by atoms with Gasteiger partial charge in [-0.05, 0) is 147 Å². The lowest BCUT2D eigenvalue weighted by molar-refractivity contribution is 0.878. The van der Waals surface area contributed by atoms with Gasteiger partial charge in [-0.25, -0.2) is 0 Å². The molecule has 11 rings (SSSR count). The molecule has 5 heterocycles. The van der Waals surface area contributed by atoms with E-state index in [2.05, 4.69) is 173 Å². The van der Waals surface area contributed by atoms with Crippen LogP contribution in [-0.2, 0) is 0 Å². The molecule has 0 bridgehead atoms. The van der Waals surface area contributed by atoms with Crippen molar-refractivity contribution >= 4 is 60.9 Å². The summed E-state index contributed by atoms with van der Waals surface area (Å²) in [4.78, 5) is 27.0. The number of anilines is 3. The molecule has 0 unspecified atom stereocenters. The van der Waals surface area contributed by atoms with E-state index in [1.54, 1.807) is 0 Å². The second-order valence-electron chi connectivity index (χ2n) is 15.9. The molecule has 0 saturated heterocycles. The zero-order valence-corrected chi connectivity index (χ0v) is 34.2. The van der Waals surface area contributed by atoms with Gasteiger partial charge in [-0.3, -0.25) is 24.0 Å². The van der Waals surface area contributed by atoms with Crippen LogP contribution in [0.3, 0.4) is 0 Å². The Bertz CT molecular complexity index is 3100. The normalized spacial score (nSPS) is 11.6. The Hall–Kier alpha value is -7.97. The molecule has 0 saturated carbocycles. The van der Waals surface area contributed by atoms with E-state index < -0.39 is 0 Å². The van der Waals surface area contributed by atoms with Crippen molar-refractivity contribution in [3.63, 3.8) is 0 Å².